The SMILES string of the molecule is CCC1CCN(C)C1.CCC1CCN(C)C1.CN1CCCC1. The van der Waals surface area contributed by atoms with E-state index in [9.17, 15) is 0 Å². The molecule has 0 amide bonds. The number of nitrogens with zero attached hydrogens (tertiary/aromatic N) is 3. The summed E-state index contributed by atoms with van der Waals surface area (Å²) in [6.07, 6.45) is 8.40. The first-order chi connectivity index (χ1) is 10.5. The van der Waals surface area contributed by atoms with Gasteiger partial charge in [0.15, 0.2) is 0 Å². The minimum atomic E-state index is 1.000. The molecule has 22 heavy (non-hydrogen) atoms. The Hall–Kier alpha value is -0.120. The Labute approximate surface area is 140 Å². The van der Waals surface area contributed by atoms with Crippen LogP contribution in [0.3, 0.4) is 0 Å². The molecule has 3 heteroatoms. The fourth-order valence-electron chi connectivity index (χ4n) is 3.59. The van der Waals surface area contributed by atoms with Crippen molar-refractivity contribution in [2.24, 2.45) is 11.8 Å². The molecule has 0 spiro atoms. The molecule has 0 bridgehead atoms. The fourth-order valence-corrected chi connectivity index (χ4v) is 3.59. The number of rotatable bonds is 2. The van der Waals surface area contributed by atoms with Crippen LogP contribution in [0.2, 0.25) is 0 Å². The normalized spacial score (nSPS) is 29.9. The molecule has 3 nitrogen and oxygen atoms in total. The zero-order valence-electron chi connectivity index (χ0n) is 16.0. The second kappa shape index (κ2) is 11.4. The molecule has 0 aromatic rings. The second-order valence-electron chi connectivity index (χ2n) is 7.66. The van der Waals surface area contributed by atoms with Crippen LogP contribution >= 0.6 is 0 Å². The quantitative estimate of drug-likeness (QED) is 0.774. The lowest BCUT2D eigenvalue weighted by Crippen LogP contribution is -2.13. The first-order valence-electron chi connectivity index (χ1n) is 9.60. The molecule has 132 valence electrons. The molecule has 0 aromatic heterocycles. The highest BCUT2D eigenvalue weighted by molar-refractivity contribution is 4.71. The molecule has 0 aliphatic carbocycles. The summed E-state index contributed by atoms with van der Waals surface area (Å²) in [5.74, 6) is 2.00. The lowest BCUT2D eigenvalue weighted by Gasteiger charge is -2.05. The van der Waals surface area contributed by atoms with Crippen molar-refractivity contribution in [3.63, 3.8) is 0 Å². The Morgan fingerprint density at radius 3 is 1.18 bits per heavy atom. The highest BCUT2D eigenvalue weighted by atomic mass is 15.1. The van der Waals surface area contributed by atoms with E-state index in [4.69, 9.17) is 0 Å². The van der Waals surface area contributed by atoms with Crippen molar-refractivity contribution in [1.29, 1.82) is 0 Å². The third-order valence-corrected chi connectivity index (χ3v) is 5.46. The van der Waals surface area contributed by atoms with Crippen LogP contribution in [0, 0.1) is 11.8 Å². The lowest BCUT2D eigenvalue weighted by atomic mass is 10.1. The molecular weight excluding hydrogens is 270 g/mol. The summed E-state index contributed by atoms with van der Waals surface area (Å²) in [6.45, 7) is 12.5. The van der Waals surface area contributed by atoms with Gasteiger partial charge in [0, 0.05) is 13.1 Å². The van der Waals surface area contributed by atoms with Crippen LogP contribution in [0.5, 0.6) is 0 Å². The van der Waals surface area contributed by atoms with E-state index in [2.05, 4.69) is 49.7 Å². The summed E-state index contributed by atoms with van der Waals surface area (Å²) in [5.41, 5.74) is 0. The van der Waals surface area contributed by atoms with Gasteiger partial charge < -0.3 is 14.7 Å². The van der Waals surface area contributed by atoms with Crippen LogP contribution in [-0.2, 0) is 0 Å². The van der Waals surface area contributed by atoms with E-state index in [1.807, 2.05) is 0 Å². The van der Waals surface area contributed by atoms with Gasteiger partial charge in [-0.1, -0.05) is 26.7 Å². The Bertz CT molecular complexity index is 243. The average Bonchev–Trinajstić information content (AvgIpc) is 3.23. The summed E-state index contributed by atoms with van der Waals surface area (Å²) in [6, 6.07) is 0. The molecule has 3 fully saturated rings. The van der Waals surface area contributed by atoms with Crippen molar-refractivity contribution in [1.82, 2.24) is 14.7 Å². The molecule has 0 saturated carbocycles. The lowest BCUT2D eigenvalue weighted by molar-refractivity contribution is 0.392. The largest absolute Gasteiger partial charge is 0.306 e. The maximum absolute atomic E-state index is 2.41. The molecule has 3 heterocycles. The molecule has 0 radical (unpaired) electrons. The van der Waals surface area contributed by atoms with Crippen molar-refractivity contribution in [2.45, 2.75) is 52.4 Å². The number of likely N-dealkylation sites (tertiary alicyclic amines) is 3. The van der Waals surface area contributed by atoms with E-state index in [1.54, 1.807) is 0 Å². The second-order valence-corrected chi connectivity index (χ2v) is 7.66. The summed E-state index contributed by atoms with van der Waals surface area (Å²) >= 11 is 0. The average molecular weight is 312 g/mol. The molecule has 0 N–H and O–H groups in total. The van der Waals surface area contributed by atoms with Crippen molar-refractivity contribution >= 4 is 0 Å². The van der Waals surface area contributed by atoms with Crippen LogP contribution in [-0.4, -0.2) is 75.1 Å². The molecule has 3 saturated heterocycles. The maximum Gasteiger partial charge on any atom is 0.000698 e. The summed E-state index contributed by atoms with van der Waals surface area (Å²) in [7, 11) is 6.58. The molecular formula is C19H41N3. The maximum atomic E-state index is 2.41. The summed E-state index contributed by atoms with van der Waals surface area (Å²) in [4.78, 5) is 7.18. The van der Waals surface area contributed by atoms with Crippen LogP contribution in [0.4, 0.5) is 0 Å². The Kier molecular flexibility index (Phi) is 10.3. The van der Waals surface area contributed by atoms with Crippen molar-refractivity contribution in [2.75, 3.05) is 60.4 Å². The molecule has 2 atom stereocenters. The molecule has 0 aromatic carbocycles. The standard InChI is InChI=1S/2C7H15N.C5H11N/c2*1-3-7-4-5-8(2)6-7;1-6-4-2-3-5-6/h2*7H,3-6H2,1-2H3;2-5H2,1H3. The minimum absolute atomic E-state index is 1.000. The first kappa shape index (κ1) is 19.9. The smallest absolute Gasteiger partial charge is 0.000698 e. The van der Waals surface area contributed by atoms with Crippen LogP contribution in [0.15, 0.2) is 0 Å². The number of hydrogen-bond acceptors (Lipinski definition) is 3. The third kappa shape index (κ3) is 8.50. The van der Waals surface area contributed by atoms with Crippen LogP contribution in [0.25, 0.3) is 0 Å². The van der Waals surface area contributed by atoms with Gasteiger partial charge in [-0.3, -0.25) is 0 Å². The van der Waals surface area contributed by atoms with E-state index in [1.165, 1.54) is 77.8 Å². The van der Waals surface area contributed by atoms with Gasteiger partial charge in [-0.2, -0.15) is 0 Å². The van der Waals surface area contributed by atoms with E-state index in [0.29, 0.717) is 0 Å². The predicted octanol–water partition coefficient (Wildman–Crippen LogP) is 3.41. The van der Waals surface area contributed by atoms with E-state index in [0.717, 1.165) is 11.8 Å². The molecule has 3 rings (SSSR count). The predicted molar refractivity (Wildman–Crippen MR) is 98.5 cm³/mol. The third-order valence-electron chi connectivity index (χ3n) is 5.46. The van der Waals surface area contributed by atoms with Gasteiger partial charge in [-0.05, 0) is 84.8 Å². The van der Waals surface area contributed by atoms with Gasteiger partial charge >= 0.3 is 0 Å². The topological polar surface area (TPSA) is 9.72 Å². The summed E-state index contributed by atoms with van der Waals surface area (Å²) < 4.78 is 0. The minimum Gasteiger partial charge on any atom is -0.306 e. The monoisotopic (exact) mass is 311 g/mol. The van der Waals surface area contributed by atoms with Crippen molar-refractivity contribution in [3.8, 4) is 0 Å². The zero-order valence-corrected chi connectivity index (χ0v) is 16.0. The summed E-state index contributed by atoms with van der Waals surface area (Å²) in [5, 5.41) is 0. The van der Waals surface area contributed by atoms with Crippen molar-refractivity contribution in [3.05, 3.63) is 0 Å². The highest BCUT2D eigenvalue weighted by Gasteiger charge is 2.17. The van der Waals surface area contributed by atoms with Gasteiger partial charge in [0.1, 0.15) is 0 Å². The fraction of sp³-hybridized carbons (Fsp3) is 1.00. The molecule has 3 aliphatic rings. The van der Waals surface area contributed by atoms with Crippen LogP contribution in [0.1, 0.15) is 52.4 Å². The van der Waals surface area contributed by atoms with Gasteiger partial charge in [0.25, 0.3) is 0 Å². The van der Waals surface area contributed by atoms with E-state index >= 15 is 0 Å². The Morgan fingerprint density at radius 1 is 0.636 bits per heavy atom. The molecule has 3 aliphatic heterocycles. The van der Waals surface area contributed by atoms with Gasteiger partial charge in [-0.25, -0.2) is 0 Å². The molecule has 2 unspecified atom stereocenters. The Balaban J connectivity index is 0.000000167. The number of hydrogen-bond donors (Lipinski definition) is 0. The Morgan fingerprint density at radius 2 is 1.05 bits per heavy atom. The van der Waals surface area contributed by atoms with E-state index in [-0.39, 0.29) is 0 Å². The van der Waals surface area contributed by atoms with Crippen LogP contribution < -0.4 is 0 Å². The van der Waals surface area contributed by atoms with E-state index < -0.39 is 0 Å². The van der Waals surface area contributed by atoms with Gasteiger partial charge in [0.05, 0.1) is 0 Å². The first-order valence-corrected chi connectivity index (χ1v) is 9.60. The van der Waals surface area contributed by atoms with Gasteiger partial charge in [-0.15, -0.1) is 0 Å². The van der Waals surface area contributed by atoms with Gasteiger partial charge in [0.2, 0.25) is 0 Å². The highest BCUT2D eigenvalue weighted by Crippen LogP contribution is 2.17. The van der Waals surface area contributed by atoms with Crippen molar-refractivity contribution < 1.29 is 0 Å². The zero-order chi connectivity index (χ0) is 16.4.